The van der Waals surface area contributed by atoms with Crippen molar-refractivity contribution in [1.82, 2.24) is 4.98 Å². The number of fused-ring (bicyclic) bond motifs is 1. The average molecular weight is 272 g/mol. The van der Waals surface area contributed by atoms with Crippen molar-refractivity contribution in [3.05, 3.63) is 57.4 Å². The SMILES string of the molecule is NC(=O)c1cc2c([nH]c1=O)C[C@@H](c1ccco1)CC2=O. The number of ketones is 1. The molecule has 0 saturated carbocycles. The second-order valence-electron chi connectivity index (χ2n) is 4.81. The standard InChI is InChI=1S/C14H12N2O4/c15-13(18)9-6-8-10(16-14(9)19)4-7(5-11(8)17)12-2-1-3-20-12/h1-3,6-7H,4-5H2,(H2,15,18)(H,16,19)/t7-/m1/s1. The first-order valence-corrected chi connectivity index (χ1v) is 6.19. The molecule has 2 heterocycles. The molecule has 6 heteroatoms. The van der Waals surface area contributed by atoms with Gasteiger partial charge in [0.05, 0.1) is 6.26 Å². The van der Waals surface area contributed by atoms with Gasteiger partial charge in [-0.3, -0.25) is 14.4 Å². The summed E-state index contributed by atoms with van der Waals surface area (Å²) >= 11 is 0. The van der Waals surface area contributed by atoms with Crippen molar-refractivity contribution in [1.29, 1.82) is 0 Å². The van der Waals surface area contributed by atoms with Crippen LogP contribution in [-0.2, 0) is 6.42 Å². The lowest BCUT2D eigenvalue weighted by atomic mass is 9.84. The van der Waals surface area contributed by atoms with Crippen molar-refractivity contribution in [2.75, 3.05) is 0 Å². The molecule has 1 aliphatic carbocycles. The Morgan fingerprint density at radius 2 is 2.15 bits per heavy atom. The van der Waals surface area contributed by atoms with Crippen LogP contribution in [0.3, 0.4) is 0 Å². The molecule has 0 saturated heterocycles. The lowest BCUT2D eigenvalue weighted by molar-refractivity contribution is 0.0959. The molecule has 6 nitrogen and oxygen atoms in total. The van der Waals surface area contributed by atoms with Crippen molar-refractivity contribution in [2.45, 2.75) is 18.8 Å². The normalized spacial score (nSPS) is 17.8. The van der Waals surface area contributed by atoms with Crippen molar-refractivity contribution < 1.29 is 14.0 Å². The summed E-state index contributed by atoms with van der Waals surface area (Å²) < 4.78 is 5.31. The van der Waals surface area contributed by atoms with Gasteiger partial charge in [-0.15, -0.1) is 0 Å². The first kappa shape index (κ1) is 12.4. The quantitative estimate of drug-likeness (QED) is 0.849. The third-order valence-electron chi connectivity index (χ3n) is 3.52. The van der Waals surface area contributed by atoms with Gasteiger partial charge in [0.2, 0.25) is 0 Å². The van der Waals surface area contributed by atoms with Gasteiger partial charge in [0.25, 0.3) is 11.5 Å². The van der Waals surface area contributed by atoms with E-state index in [0.29, 0.717) is 23.4 Å². The molecule has 0 aromatic carbocycles. The topological polar surface area (TPSA) is 106 Å². The maximum Gasteiger partial charge on any atom is 0.261 e. The number of hydrogen-bond donors (Lipinski definition) is 2. The first-order valence-electron chi connectivity index (χ1n) is 6.19. The van der Waals surface area contributed by atoms with E-state index in [-0.39, 0.29) is 23.7 Å². The van der Waals surface area contributed by atoms with Crippen molar-refractivity contribution >= 4 is 11.7 Å². The Hall–Kier alpha value is -2.63. The highest BCUT2D eigenvalue weighted by molar-refractivity contribution is 6.01. The molecular weight excluding hydrogens is 260 g/mol. The van der Waals surface area contributed by atoms with Crippen LogP contribution in [0.5, 0.6) is 0 Å². The number of rotatable bonds is 2. The fraction of sp³-hybridized carbons (Fsp3) is 0.214. The zero-order valence-electron chi connectivity index (χ0n) is 10.5. The van der Waals surface area contributed by atoms with Gasteiger partial charge in [-0.2, -0.15) is 0 Å². The predicted molar refractivity (Wildman–Crippen MR) is 69.7 cm³/mol. The number of aromatic nitrogens is 1. The number of nitrogens with one attached hydrogen (secondary N) is 1. The molecule has 3 rings (SSSR count). The highest BCUT2D eigenvalue weighted by atomic mass is 16.3. The Labute approximate surface area is 113 Å². The summed E-state index contributed by atoms with van der Waals surface area (Å²) in [6, 6.07) is 4.85. The summed E-state index contributed by atoms with van der Waals surface area (Å²) in [5, 5.41) is 0. The van der Waals surface area contributed by atoms with Crippen molar-refractivity contribution in [3.63, 3.8) is 0 Å². The highest BCUT2D eigenvalue weighted by Gasteiger charge is 2.29. The molecule has 1 atom stereocenters. The summed E-state index contributed by atoms with van der Waals surface area (Å²) in [5.74, 6) is -0.356. The summed E-state index contributed by atoms with van der Waals surface area (Å²) in [7, 11) is 0. The molecule has 0 fully saturated rings. The summed E-state index contributed by atoms with van der Waals surface area (Å²) in [5.41, 5.74) is 5.25. The predicted octanol–water partition coefficient (Wildman–Crippen LogP) is 0.979. The number of furan rings is 1. The Balaban J connectivity index is 2.05. The Morgan fingerprint density at radius 3 is 2.80 bits per heavy atom. The molecule has 0 bridgehead atoms. The third-order valence-corrected chi connectivity index (χ3v) is 3.52. The lowest BCUT2D eigenvalue weighted by Gasteiger charge is -2.21. The zero-order valence-corrected chi connectivity index (χ0v) is 10.5. The Bertz CT molecular complexity index is 743. The number of H-pyrrole nitrogens is 1. The van der Waals surface area contributed by atoms with Crippen LogP contribution in [0.1, 0.15) is 44.5 Å². The lowest BCUT2D eigenvalue weighted by Crippen LogP contribution is -2.29. The monoisotopic (exact) mass is 272 g/mol. The van der Waals surface area contributed by atoms with E-state index in [1.54, 1.807) is 18.4 Å². The number of carbonyl (C=O) groups is 2. The number of Topliss-reactive ketones (excluding diaryl/α,β-unsaturated/α-hetero) is 1. The Morgan fingerprint density at radius 1 is 1.35 bits per heavy atom. The highest BCUT2D eigenvalue weighted by Crippen LogP contribution is 2.31. The van der Waals surface area contributed by atoms with E-state index >= 15 is 0 Å². The molecule has 0 spiro atoms. The molecule has 1 amide bonds. The van der Waals surface area contributed by atoms with E-state index < -0.39 is 11.5 Å². The van der Waals surface area contributed by atoms with Crippen LogP contribution in [0.2, 0.25) is 0 Å². The minimum absolute atomic E-state index is 0.0971. The van der Waals surface area contributed by atoms with Gasteiger partial charge in [0.15, 0.2) is 5.78 Å². The number of carbonyl (C=O) groups excluding carboxylic acids is 2. The maximum atomic E-state index is 12.2. The van der Waals surface area contributed by atoms with Crippen molar-refractivity contribution in [3.8, 4) is 0 Å². The van der Waals surface area contributed by atoms with Crippen LogP contribution in [-0.4, -0.2) is 16.7 Å². The second-order valence-corrected chi connectivity index (χ2v) is 4.81. The fourth-order valence-electron chi connectivity index (χ4n) is 2.54. The van der Waals surface area contributed by atoms with Crippen LogP contribution >= 0.6 is 0 Å². The van der Waals surface area contributed by atoms with Gasteiger partial charge in [-0.05, 0) is 24.6 Å². The Kier molecular flexibility index (Phi) is 2.78. The molecular formula is C14H12N2O4. The molecule has 20 heavy (non-hydrogen) atoms. The van der Waals surface area contributed by atoms with Crippen LogP contribution in [0, 0.1) is 0 Å². The molecule has 2 aromatic heterocycles. The van der Waals surface area contributed by atoms with E-state index in [9.17, 15) is 14.4 Å². The number of pyridine rings is 1. The second kappa shape index (κ2) is 4.48. The molecule has 2 aromatic rings. The summed E-state index contributed by atoms with van der Waals surface area (Å²) in [6.45, 7) is 0. The average Bonchev–Trinajstić information content (AvgIpc) is 2.91. The fourth-order valence-corrected chi connectivity index (χ4v) is 2.54. The van der Waals surface area contributed by atoms with Crippen LogP contribution in [0.15, 0.2) is 33.7 Å². The molecule has 3 N–H and O–H groups in total. The van der Waals surface area contributed by atoms with E-state index in [1.807, 2.05) is 0 Å². The van der Waals surface area contributed by atoms with Crippen LogP contribution in [0.4, 0.5) is 0 Å². The van der Waals surface area contributed by atoms with E-state index in [1.165, 1.54) is 6.07 Å². The number of aromatic amines is 1. The van der Waals surface area contributed by atoms with Crippen LogP contribution < -0.4 is 11.3 Å². The number of amides is 1. The molecule has 0 aliphatic heterocycles. The van der Waals surface area contributed by atoms with Gasteiger partial charge in [0, 0.05) is 23.6 Å². The molecule has 1 aliphatic rings. The van der Waals surface area contributed by atoms with Gasteiger partial charge >= 0.3 is 0 Å². The van der Waals surface area contributed by atoms with Gasteiger partial charge in [-0.25, -0.2) is 0 Å². The number of hydrogen-bond acceptors (Lipinski definition) is 4. The van der Waals surface area contributed by atoms with Gasteiger partial charge in [-0.1, -0.05) is 0 Å². The largest absolute Gasteiger partial charge is 0.469 e. The molecule has 0 unspecified atom stereocenters. The van der Waals surface area contributed by atoms with E-state index in [4.69, 9.17) is 10.2 Å². The van der Waals surface area contributed by atoms with E-state index in [2.05, 4.69) is 4.98 Å². The zero-order chi connectivity index (χ0) is 14.3. The van der Waals surface area contributed by atoms with Gasteiger partial charge < -0.3 is 15.1 Å². The van der Waals surface area contributed by atoms with Gasteiger partial charge in [0.1, 0.15) is 11.3 Å². The minimum Gasteiger partial charge on any atom is -0.469 e. The maximum absolute atomic E-state index is 12.2. The third kappa shape index (κ3) is 1.95. The number of primary amides is 1. The summed E-state index contributed by atoms with van der Waals surface area (Å²) in [4.78, 5) is 37.6. The molecule has 102 valence electrons. The van der Waals surface area contributed by atoms with E-state index in [0.717, 1.165) is 0 Å². The smallest absolute Gasteiger partial charge is 0.261 e. The minimum atomic E-state index is -0.838. The van der Waals surface area contributed by atoms with Crippen LogP contribution in [0.25, 0.3) is 0 Å². The summed E-state index contributed by atoms with van der Waals surface area (Å²) in [6.07, 6.45) is 2.32. The number of nitrogens with two attached hydrogens (primary N) is 1. The molecule has 0 radical (unpaired) electrons. The van der Waals surface area contributed by atoms with Crippen molar-refractivity contribution in [2.24, 2.45) is 5.73 Å². The first-order chi connectivity index (χ1) is 9.56.